The Morgan fingerprint density at radius 3 is 2.30 bits per heavy atom. The number of aliphatic hydroxyl groups excluding tert-OH is 2. The van der Waals surface area contributed by atoms with Crippen LogP contribution in [0.15, 0.2) is 35.4 Å². The van der Waals surface area contributed by atoms with Gasteiger partial charge in [0.25, 0.3) is 0 Å². The molecule has 4 atom stereocenters. The molecular formula is C15H23N3O4Si. The second-order valence-corrected chi connectivity index (χ2v) is 10.7. The fraction of sp³-hybridized carbons (Fsp3) is 0.533. The van der Waals surface area contributed by atoms with Crippen molar-refractivity contribution in [2.24, 2.45) is 5.11 Å². The molecule has 0 aliphatic rings. The Balaban J connectivity index is 3.45. The van der Waals surface area contributed by atoms with E-state index >= 15 is 0 Å². The minimum atomic E-state index is -2.49. The van der Waals surface area contributed by atoms with E-state index in [1.165, 1.54) is 14.0 Å². The lowest BCUT2D eigenvalue weighted by Crippen LogP contribution is -2.57. The summed E-state index contributed by atoms with van der Waals surface area (Å²) < 4.78 is 4.73. The summed E-state index contributed by atoms with van der Waals surface area (Å²) in [6, 6.07) is 8.25. The van der Waals surface area contributed by atoms with Crippen molar-refractivity contribution < 1.29 is 19.7 Å². The maximum atomic E-state index is 12.1. The first-order valence-electron chi connectivity index (χ1n) is 7.31. The molecule has 23 heavy (non-hydrogen) atoms. The van der Waals surface area contributed by atoms with Crippen LogP contribution in [0.3, 0.4) is 0 Å². The number of nitrogens with zero attached hydrogens (tertiary/aromatic N) is 3. The molecule has 7 nitrogen and oxygen atoms in total. The summed E-state index contributed by atoms with van der Waals surface area (Å²) >= 11 is 0. The van der Waals surface area contributed by atoms with Gasteiger partial charge in [0.05, 0.1) is 27.4 Å². The number of methoxy groups -OCH3 is 1. The number of azide groups is 1. The molecule has 1 aromatic rings. The maximum Gasteiger partial charge on any atom is 0.314 e. The summed E-state index contributed by atoms with van der Waals surface area (Å²) in [5.41, 5.74) is 8.08. The van der Waals surface area contributed by atoms with Crippen LogP contribution in [0.1, 0.15) is 6.92 Å². The minimum absolute atomic E-state index is 0.719. The molecule has 0 aliphatic carbocycles. The van der Waals surface area contributed by atoms with Gasteiger partial charge in [-0.1, -0.05) is 53.7 Å². The van der Waals surface area contributed by atoms with Gasteiger partial charge in [0.2, 0.25) is 0 Å². The van der Waals surface area contributed by atoms with Crippen molar-refractivity contribution in [3.63, 3.8) is 0 Å². The number of hydrogen-bond donors (Lipinski definition) is 2. The van der Waals surface area contributed by atoms with E-state index in [4.69, 9.17) is 10.3 Å². The Bertz CT molecular complexity index is 573. The maximum absolute atomic E-state index is 12.1. The van der Waals surface area contributed by atoms with Crippen LogP contribution in [0.5, 0.6) is 0 Å². The number of carbonyl (C=O) groups is 1. The molecule has 8 heteroatoms. The van der Waals surface area contributed by atoms with Crippen LogP contribution in [-0.4, -0.2) is 49.6 Å². The molecule has 0 aromatic heterocycles. The number of esters is 1. The van der Waals surface area contributed by atoms with E-state index in [-0.39, 0.29) is 0 Å². The van der Waals surface area contributed by atoms with Crippen LogP contribution >= 0.6 is 0 Å². The van der Waals surface area contributed by atoms with E-state index in [1.54, 1.807) is 0 Å². The number of ether oxygens (including phenoxy) is 1. The molecule has 1 rings (SSSR count). The number of aliphatic hydroxyl groups is 2. The zero-order chi connectivity index (χ0) is 17.6. The SMILES string of the molecule is COC(=O)[C@@H](N=[N+]=[N-])[C@@H]([C@H](O)[C@@H](C)O)[Si](C)(C)c1ccccc1. The van der Waals surface area contributed by atoms with E-state index in [2.05, 4.69) is 10.0 Å². The molecular weight excluding hydrogens is 314 g/mol. The zero-order valence-corrected chi connectivity index (χ0v) is 14.7. The highest BCUT2D eigenvalue weighted by Gasteiger charge is 2.47. The van der Waals surface area contributed by atoms with Gasteiger partial charge in [0.15, 0.2) is 0 Å². The molecule has 0 amide bonds. The minimum Gasteiger partial charge on any atom is -0.469 e. The molecule has 0 saturated carbocycles. The van der Waals surface area contributed by atoms with Gasteiger partial charge in [0, 0.05) is 10.5 Å². The van der Waals surface area contributed by atoms with Crippen LogP contribution in [0.25, 0.3) is 10.4 Å². The van der Waals surface area contributed by atoms with Crippen molar-refractivity contribution in [2.75, 3.05) is 7.11 Å². The van der Waals surface area contributed by atoms with Crippen LogP contribution in [-0.2, 0) is 9.53 Å². The average molecular weight is 337 g/mol. The normalized spacial score (nSPS) is 16.6. The zero-order valence-electron chi connectivity index (χ0n) is 13.7. The standard InChI is InChI=1S/C15H23N3O4Si/c1-10(19)13(20)14(12(17-18-16)15(21)22-2)23(3,4)11-8-6-5-7-9-11/h5-10,12-14,19-20H,1-4H3/t10-,12+,13-,14+/m1/s1. The lowest BCUT2D eigenvalue weighted by atomic mass is 10.1. The molecule has 0 heterocycles. The number of benzene rings is 1. The van der Waals surface area contributed by atoms with E-state index in [1.807, 2.05) is 43.4 Å². The molecule has 0 aliphatic heterocycles. The van der Waals surface area contributed by atoms with E-state index in [0.717, 1.165) is 5.19 Å². The van der Waals surface area contributed by atoms with Crippen molar-refractivity contribution in [2.45, 2.75) is 43.8 Å². The van der Waals surface area contributed by atoms with Crippen LogP contribution < -0.4 is 5.19 Å². The van der Waals surface area contributed by atoms with Gasteiger partial charge in [-0.25, -0.2) is 0 Å². The first-order valence-corrected chi connectivity index (χ1v) is 10.4. The predicted molar refractivity (Wildman–Crippen MR) is 89.9 cm³/mol. The second-order valence-electron chi connectivity index (χ2n) is 6.02. The monoisotopic (exact) mass is 337 g/mol. The van der Waals surface area contributed by atoms with E-state index < -0.39 is 37.8 Å². The first-order chi connectivity index (χ1) is 10.8. The third-order valence-electron chi connectivity index (χ3n) is 4.17. The predicted octanol–water partition coefficient (Wildman–Crippen LogP) is 1.57. The second kappa shape index (κ2) is 8.12. The molecule has 0 fully saturated rings. The Kier molecular flexibility index (Phi) is 6.77. The number of hydrogen-bond acceptors (Lipinski definition) is 5. The Morgan fingerprint density at radius 2 is 1.87 bits per heavy atom. The quantitative estimate of drug-likeness (QED) is 0.258. The van der Waals surface area contributed by atoms with Crippen molar-refractivity contribution in [1.29, 1.82) is 0 Å². The lowest BCUT2D eigenvalue weighted by Gasteiger charge is -2.39. The van der Waals surface area contributed by atoms with Gasteiger partial charge >= 0.3 is 5.97 Å². The highest BCUT2D eigenvalue weighted by Crippen LogP contribution is 2.33. The van der Waals surface area contributed by atoms with E-state index in [0.29, 0.717) is 0 Å². The first kappa shape index (κ1) is 19.2. The Labute approximate surface area is 136 Å². The molecule has 1 aromatic carbocycles. The summed E-state index contributed by atoms with van der Waals surface area (Å²) in [5.74, 6) is -0.719. The van der Waals surface area contributed by atoms with Crippen LogP contribution in [0.2, 0.25) is 18.6 Å². The fourth-order valence-corrected chi connectivity index (χ4v) is 6.37. The molecule has 2 N–H and O–H groups in total. The Morgan fingerprint density at radius 1 is 1.30 bits per heavy atom. The number of carbonyl (C=O) groups excluding carboxylic acids is 1. The summed E-state index contributed by atoms with van der Waals surface area (Å²) in [4.78, 5) is 14.8. The number of rotatable bonds is 7. The summed E-state index contributed by atoms with van der Waals surface area (Å²) in [5, 5.41) is 24.9. The third kappa shape index (κ3) is 4.32. The summed E-state index contributed by atoms with van der Waals surface area (Å²) in [6.45, 7) is 5.36. The smallest absolute Gasteiger partial charge is 0.314 e. The van der Waals surface area contributed by atoms with Gasteiger partial charge in [-0.15, -0.1) is 0 Å². The van der Waals surface area contributed by atoms with E-state index in [9.17, 15) is 15.0 Å². The summed E-state index contributed by atoms with van der Waals surface area (Å²) in [7, 11) is -1.29. The fourth-order valence-electron chi connectivity index (χ4n) is 2.81. The van der Waals surface area contributed by atoms with Crippen LogP contribution in [0, 0.1) is 0 Å². The molecule has 0 bridgehead atoms. The van der Waals surface area contributed by atoms with Crippen molar-refractivity contribution in [3.8, 4) is 0 Å². The summed E-state index contributed by atoms with van der Waals surface area (Å²) in [6.07, 6.45) is -2.29. The topological polar surface area (TPSA) is 116 Å². The highest BCUT2D eigenvalue weighted by molar-refractivity contribution is 6.91. The largest absolute Gasteiger partial charge is 0.469 e. The molecule has 0 spiro atoms. The average Bonchev–Trinajstić information content (AvgIpc) is 2.54. The van der Waals surface area contributed by atoms with Crippen LogP contribution in [0.4, 0.5) is 0 Å². The van der Waals surface area contributed by atoms with Crippen molar-refractivity contribution >= 4 is 19.2 Å². The molecule has 0 radical (unpaired) electrons. The van der Waals surface area contributed by atoms with Gasteiger partial charge in [0.1, 0.15) is 6.04 Å². The molecule has 0 unspecified atom stereocenters. The third-order valence-corrected chi connectivity index (χ3v) is 8.32. The highest BCUT2D eigenvalue weighted by atomic mass is 28.3. The lowest BCUT2D eigenvalue weighted by molar-refractivity contribution is -0.143. The molecule has 0 saturated heterocycles. The van der Waals surface area contributed by atoms with Crippen molar-refractivity contribution in [1.82, 2.24) is 0 Å². The van der Waals surface area contributed by atoms with Gasteiger partial charge in [-0.05, 0) is 12.5 Å². The van der Waals surface area contributed by atoms with Gasteiger partial charge < -0.3 is 14.9 Å². The van der Waals surface area contributed by atoms with Gasteiger partial charge in [-0.2, -0.15) is 0 Å². The van der Waals surface area contributed by atoms with Crippen molar-refractivity contribution in [3.05, 3.63) is 40.8 Å². The molecule has 126 valence electrons. The van der Waals surface area contributed by atoms with Gasteiger partial charge in [-0.3, -0.25) is 4.79 Å². The Hall–Kier alpha value is -1.86.